The summed E-state index contributed by atoms with van der Waals surface area (Å²) in [6.07, 6.45) is 4.15. The minimum absolute atomic E-state index is 0.00427. The zero-order chi connectivity index (χ0) is 15.9. The first kappa shape index (κ1) is 15.6. The van der Waals surface area contributed by atoms with E-state index < -0.39 is 0 Å². The van der Waals surface area contributed by atoms with Crippen molar-refractivity contribution in [2.24, 2.45) is 0 Å². The number of allylic oxidation sites excluding steroid dienone is 1. The Bertz CT molecular complexity index is 689. The maximum Gasteiger partial charge on any atom is 0.161 e. The minimum Gasteiger partial charge on any atom is -0.508 e. The van der Waals surface area contributed by atoms with E-state index in [2.05, 4.69) is 0 Å². The SMILES string of the molecule is COc1cc(/C=C/C(=O)CCc2cccc(O)c2)ccc1O. The number of phenolic OH excluding ortho intramolecular Hbond substituents is 2. The Morgan fingerprint density at radius 3 is 2.73 bits per heavy atom. The van der Waals surface area contributed by atoms with E-state index >= 15 is 0 Å². The van der Waals surface area contributed by atoms with E-state index in [1.807, 2.05) is 6.07 Å². The Balaban J connectivity index is 1.94. The van der Waals surface area contributed by atoms with Crippen LogP contribution < -0.4 is 4.74 Å². The Morgan fingerprint density at radius 1 is 1.18 bits per heavy atom. The zero-order valence-corrected chi connectivity index (χ0v) is 12.3. The van der Waals surface area contributed by atoms with Crippen molar-refractivity contribution in [3.8, 4) is 17.2 Å². The summed E-state index contributed by atoms with van der Waals surface area (Å²) < 4.78 is 5.02. The molecule has 0 aliphatic rings. The number of carbonyl (C=O) groups is 1. The zero-order valence-electron chi connectivity index (χ0n) is 12.3. The second-order valence-corrected chi connectivity index (χ2v) is 4.90. The quantitative estimate of drug-likeness (QED) is 0.803. The average molecular weight is 298 g/mol. The number of rotatable bonds is 6. The fourth-order valence-corrected chi connectivity index (χ4v) is 2.05. The number of carbonyl (C=O) groups excluding carboxylic acids is 1. The highest BCUT2D eigenvalue weighted by molar-refractivity contribution is 5.93. The molecule has 0 aromatic heterocycles. The lowest BCUT2D eigenvalue weighted by molar-refractivity contribution is -0.114. The second-order valence-electron chi connectivity index (χ2n) is 4.90. The van der Waals surface area contributed by atoms with Gasteiger partial charge in [0.25, 0.3) is 0 Å². The molecule has 0 spiro atoms. The number of hydrogen-bond donors (Lipinski definition) is 2. The maximum absolute atomic E-state index is 11.9. The average Bonchev–Trinajstić information content (AvgIpc) is 2.52. The summed E-state index contributed by atoms with van der Waals surface area (Å²) >= 11 is 0. The number of aromatic hydroxyl groups is 2. The molecule has 4 heteroatoms. The molecule has 2 aromatic rings. The number of ketones is 1. The van der Waals surface area contributed by atoms with Gasteiger partial charge in [-0.15, -0.1) is 0 Å². The largest absolute Gasteiger partial charge is 0.508 e. The summed E-state index contributed by atoms with van der Waals surface area (Å²) in [7, 11) is 1.48. The van der Waals surface area contributed by atoms with Crippen LogP contribution in [-0.4, -0.2) is 23.1 Å². The van der Waals surface area contributed by atoms with Crippen LogP contribution in [0.15, 0.2) is 48.5 Å². The highest BCUT2D eigenvalue weighted by atomic mass is 16.5. The van der Waals surface area contributed by atoms with Gasteiger partial charge in [-0.25, -0.2) is 0 Å². The Hall–Kier alpha value is -2.75. The molecule has 0 bridgehead atoms. The van der Waals surface area contributed by atoms with Crippen LogP contribution in [0.4, 0.5) is 0 Å². The molecule has 0 saturated carbocycles. The van der Waals surface area contributed by atoms with Crippen molar-refractivity contribution in [2.45, 2.75) is 12.8 Å². The second kappa shape index (κ2) is 7.31. The van der Waals surface area contributed by atoms with Gasteiger partial charge in [-0.3, -0.25) is 4.79 Å². The van der Waals surface area contributed by atoms with Gasteiger partial charge in [-0.1, -0.05) is 24.3 Å². The van der Waals surface area contributed by atoms with Crippen molar-refractivity contribution in [1.29, 1.82) is 0 Å². The Labute approximate surface area is 129 Å². The summed E-state index contributed by atoms with van der Waals surface area (Å²) in [5.41, 5.74) is 1.70. The minimum atomic E-state index is -0.00427. The van der Waals surface area contributed by atoms with Crippen LogP contribution in [0.5, 0.6) is 17.2 Å². The molecule has 0 saturated heterocycles. The van der Waals surface area contributed by atoms with E-state index in [1.54, 1.807) is 36.4 Å². The van der Waals surface area contributed by atoms with Gasteiger partial charge in [0.05, 0.1) is 7.11 Å². The smallest absolute Gasteiger partial charge is 0.161 e. The predicted octanol–water partition coefficient (Wildman–Crippen LogP) is 3.32. The Morgan fingerprint density at radius 2 is 2.00 bits per heavy atom. The van der Waals surface area contributed by atoms with Gasteiger partial charge >= 0.3 is 0 Å². The summed E-state index contributed by atoms with van der Waals surface area (Å²) in [5, 5.41) is 18.9. The fourth-order valence-electron chi connectivity index (χ4n) is 2.05. The molecule has 0 heterocycles. The number of phenols is 2. The molecule has 0 amide bonds. The van der Waals surface area contributed by atoms with Crippen LogP contribution in [0.25, 0.3) is 6.08 Å². The van der Waals surface area contributed by atoms with Gasteiger partial charge in [-0.05, 0) is 47.9 Å². The third kappa shape index (κ3) is 4.38. The van der Waals surface area contributed by atoms with Crippen LogP contribution in [0, 0.1) is 0 Å². The summed E-state index contributed by atoms with van der Waals surface area (Å²) in [6.45, 7) is 0. The standard InChI is InChI=1S/C18H18O4/c1-22-18-12-14(7-10-17(18)21)6-9-15(19)8-5-13-3-2-4-16(20)11-13/h2-4,6-7,9-12,20-21H,5,8H2,1H3/b9-6+. The lowest BCUT2D eigenvalue weighted by Crippen LogP contribution is -1.96. The molecule has 22 heavy (non-hydrogen) atoms. The van der Waals surface area contributed by atoms with E-state index in [4.69, 9.17) is 4.74 Å². The third-order valence-electron chi connectivity index (χ3n) is 3.24. The number of benzene rings is 2. The maximum atomic E-state index is 11.9. The first-order chi connectivity index (χ1) is 10.6. The normalized spacial score (nSPS) is 10.8. The van der Waals surface area contributed by atoms with Crippen LogP contribution in [-0.2, 0) is 11.2 Å². The van der Waals surface area contributed by atoms with Crippen molar-refractivity contribution in [2.75, 3.05) is 7.11 Å². The molecule has 0 fully saturated rings. The van der Waals surface area contributed by atoms with Gasteiger partial charge < -0.3 is 14.9 Å². The van der Waals surface area contributed by atoms with E-state index in [-0.39, 0.29) is 17.3 Å². The molecule has 2 aromatic carbocycles. The van der Waals surface area contributed by atoms with Crippen molar-refractivity contribution in [1.82, 2.24) is 0 Å². The highest BCUT2D eigenvalue weighted by Gasteiger charge is 2.02. The van der Waals surface area contributed by atoms with Crippen LogP contribution in [0.1, 0.15) is 17.5 Å². The molecule has 0 atom stereocenters. The van der Waals surface area contributed by atoms with Crippen LogP contribution in [0.2, 0.25) is 0 Å². The first-order valence-electron chi connectivity index (χ1n) is 6.94. The topological polar surface area (TPSA) is 66.8 Å². The van der Waals surface area contributed by atoms with E-state index in [9.17, 15) is 15.0 Å². The predicted molar refractivity (Wildman–Crippen MR) is 85.1 cm³/mol. The summed E-state index contributed by atoms with van der Waals surface area (Å²) in [4.78, 5) is 11.9. The van der Waals surface area contributed by atoms with Gasteiger partial charge in [0.1, 0.15) is 5.75 Å². The van der Waals surface area contributed by atoms with Crippen molar-refractivity contribution >= 4 is 11.9 Å². The molecule has 0 radical (unpaired) electrons. The number of methoxy groups -OCH3 is 1. The van der Waals surface area contributed by atoms with Crippen molar-refractivity contribution < 1.29 is 19.7 Å². The molecule has 0 aliphatic heterocycles. The molecular weight excluding hydrogens is 280 g/mol. The fraction of sp³-hybridized carbons (Fsp3) is 0.167. The van der Waals surface area contributed by atoms with E-state index in [1.165, 1.54) is 19.3 Å². The highest BCUT2D eigenvalue weighted by Crippen LogP contribution is 2.26. The van der Waals surface area contributed by atoms with Crippen LogP contribution >= 0.6 is 0 Å². The summed E-state index contributed by atoms with van der Waals surface area (Å²) in [5.74, 6) is 0.635. The Kier molecular flexibility index (Phi) is 5.20. The van der Waals surface area contributed by atoms with Gasteiger partial charge in [-0.2, -0.15) is 0 Å². The number of hydrogen-bond acceptors (Lipinski definition) is 4. The molecule has 2 rings (SSSR count). The van der Waals surface area contributed by atoms with Crippen LogP contribution in [0.3, 0.4) is 0 Å². The lowest BCUT2D eigenvalue weighted by Gasteiger charge is -2.03. The molecule has 2 N–H and O–H groups in total. The van der Waals surface area contributed by atoms with Gasteiger partial charge in [0.2, 0.25) is 0 Å². The van der Waals surface area contributed by atoms with Gasteiger partial charge in [0.15, 0.2) is 17.3 Å². The molecule has 0 aliphatic carbocycles. The van der Waals surface area contributed by atoms with Crippen molar-refractivity contribution in [3.05, 3.63) is 59.7 Å². The molecule has 4 nitrogen and oxygen atoms in total. The third-order valence-corrected chi connectivity index (χ3v) is 3.24. The monoisotopic (exact) mass is 298 g/mol. The number of aryl methyl sites for hydroxylation is 1. The molecule has 114 valence electrons. The van der Waals surface area contributed by atoms with E-state index in [0.717, 1.165) is 11.1 Å². The molecule has 0 unspecified atom stereocenters. The molecular formula is C18H18O4. The lowest BCUT2D eigenvalue weighted by atomic mass is 10.1. The van der Waals surface area contributed by atoms with E-state index in [0.29, 0.717) is 18.6 Å². The van der Waals surface area contributed by atoms with Gasteiger partial charge in [0, 0.05) is 6.42 Å². The van der Waals surface area contributed by atoms with Crippen molar-refractivity contribution in [3.63, 3.8) is 0 Å². The first-order valence-corrected chi connectivity index (χ1v) is 6.94. The number of ether oxygens (including phenoxy) is 1. The summed E-state index contributed by atoms with van der Waals surface area (Å²) in [6, 6.07) is 11.8.